The minimum absolute atomic E-state index is 0.106. The zero-order valence-corrected chi connectivity index (χ0v) is 10.2. The zero-order chi connectivity index (χ0) is 11.5. The topological polar surface area (TPSA) is 41.5 Å². The number of fused-ring (bicyclic) bond motifs is 1. The van der Waals surface area contributed by atoms with Gasteiger partial charge in [-0.1, -0.05) is 6.07 Å². The molecule has 4 heteroatoms. The SMILES string of the molecule is CN=C(SC)c1ccc2c(c1)CCC(=O)N2. The second kappa shape index (κ2) is 4.70. The van der Waals surface area contributed by atoms with Crippen LogP contribution in [0.3, 0.4) is 0 Å². The number of aliphatic imine (C=N–C) groups is 1. The molecule has 1 aliphatic rings. The molecule has 1 aromatic rings. The van der Waals surface area contributed by atoms with E-state index in [2.05, 4.69) is 16.4 Å². The van der Waals surface area contributed by atoms with E-state index in [-0.39, 0.29) is 5.91 Å². The standard InChI is InChI=1S/C12H14N2OS/c1-13-12(16-2)9-3-5-10-8(7-9)4-6-11(15)14-10/h3,5,7H,4,6H2,1-2H3,(H,14,15). The Labute approximate surface area is 99.3 Å². The number of benzene rings is 1. The second-order valence-corrected chi connectivity index (χ2v) is 4.45. The zero-order valence-electron chi connectivity index (χ0n) is 9.41. The minimum Gasteiger partial charge on any atom is -0.326 e. The Morgan fingerprint density at radius 1 is 1.44 bits per heavy atom. The minimum atomic E-state index is 0.106. The van der Waals surface area contributed by atoms with Crippen molar-refractivity contribution in [3.05, 3.63) is 29.3 Å². The molecule has 0 saturated carbocycles. The molecule has 1 heterocycles. The average Bonchev–Trinajstić information content (AvgIpc) is 2.31. The van der Waals surface area contributed by atoms with Gasteiger partial charge in [0, 0.05) is 24.7 Å². The number of anilines is 1. The molecule has 0 fully saturated rings. The van der Waals surface area contributed by atoms with E-state index in [0.717, 1.165) is 22.7 Å². The largest absolute Gasteiger partial charge is 0.326 e. The molecule has 0 radical (unpaired) electrons. The Morgan fingerprint density at radius 3 is 2.94 bits per heavy atom. The van der Waals surface area contributed by atoms with Crippen molar-refractivity contribution in [2.45, 2.75) is 12.8 Å². The third-order valence-electron chi connectivity index (χ3n) is 2.64. The molecule has 16 heavy (non-hydrogen) atoms. The molecule has 1 amide bonds. The van der Waals surface area contributed by atoms with Crippen molar-refractivity contribution in [3.63, 3.8) is 0 Å². The van der Waals surface area contributed by atoms with Crippen LogP contribution in [-0.4, -0.2) is 24.3 Å². The van der Waals surface area contributed by atoms with Gasteiger partial charge < -0.3 is 5.32 Å². The van der Waals surface area contributed by atoms with Crippen LogP contribution in [0.25, 0.3) is 0 Å². The molecule has 0 bridgehead atoms. The summed E-state index contributed by atoms with van der Waals surface area (Å²) in [5, 5.41) is 3.90. The number of carbonyl (C=O) groups excluding carboxylic acids is 1. The first-order valence-electron chi connectivity index (χ1n) is 5.18. The molecule has 0 aliphatic carbocycles. The fourth-order valence-corrected chi connectivity index (χ4v) is 2.40. The van der Waals surface area contributed by atoms with Crippen LogP contribution in [0, 0.1) is 0 Å². The smallest absolute Gasteiger partial charge is 0.224 e. The Balaban J connectivity index is 2.36. The molecule has 0 saturated heterocycles. The number of aryl methyl sites for hydroxylation is 1. The molecule has 1 aromatic carbocycles. The summed E-state index contributed by atoms with van der Waals surface area (Å²) in [4.78, 5) is 15.5. The summed E-state index contributed by atoms with van der Waals surface area (Å²) in [6.07, 6.45) is 3.41. The van der Waals surface area contributed by atoms with Crippen LogP contribution in [0.15, 0.2) is 23.2 Å². The van der Waals surface area contributed by atoms with Gasteiger partial charge in [-0.2, -0.15) is 0 Å². The first kappa shape index (κ1) is 11.2. The molecular formula is C12H14N2OS. The molecular weight excluding hydrogens is 220 g/mol. The summed E-state index contributed by atoms with van der Waals surface area (Å²) < 4.78 is 0. The van der Waals surface area contributed by atoms with Gasteiger partial charge in [-0.25, -0.2) is 0 Å². The molecule has 1 aliphatic heterocycles. The van der Waals surface area contributed by atoms with Gasteiger partial charge in [0.1, 0.15) is 0 Å². The summed E-state index contributed by atoms with van der Waals surface area (Å²) in [5.41, 5.74) is 3.27. The molecule has 0 spiro atoms. The highest BCUT2D eigenvalue weighted by molar-refractivity contribution is 8.13. The maximum Gasteiger partial charge on any atom is 0.224 e. The van der Waals surface area contributed by atoms with E-state index in [1.165, 1.54) is 5.56 Å². The van der Waals surface area contributed by atoms with Crippen molar-refractivity contribution >= 4 is 28.4 Å². The van der Waals surface area contributed by atoms with Crippen LogP contribution in [0.4, 0.5) is 5.69 Å². The molecule has 84 valence electrons. The van der Waals surface area contributed by atoms with E-state index in [9.17, 15) is 4.79 Å². The number of hydrogen-bond donors (Lipinski definition) is 1. The molecule has 2 rings (SSSR count). The third kappa shape index (κ3) is 2.11. The highest BCUT2D eigenvalue weighted by atomic mass is 32.2. The number of nitrogens with one attached hydrogen (secondary N) is 1. The van der Waals surface area contributed by atoms with Crippen LogP contribution >= 0.6 is 11.8 Å². The van der Waals surface area contributed by atoms with E-state index in [1.54, 1.807) is 18.8 Å². The van der Waals surface area contributed by atoms with E-state index >= 15 is 0 Å². The maximum atomic E-state index is 11.2. The lowest BCUT2D eigenvalue weighted by Gasteiger charge is -2.17. The van der Waals surface area contributed by atoms with Gasteiger partial charge in [-0.05, 0) is 30.4 Å². The summed E-state index contributed by atoms with van der Waals surface area (Å²) >= 11 is 1.64. The molecule has 0 atom stereocenters. The van der Waals surface area contributed by atoms with Gasteiger partial charge in [0.15, 0.2) is 0 Å². The first-order chi connectivity index (χ1) is 7.74. The maximum absolute atomic E-state index is 11.2. The Kier molecular flexibility index (Phi) is 3.29. The Bertz CT molecular complexity index is 454. The van der Waals surface area contributed by atoms with Gasteiger partial charge in [-0.15, -0.1) is 11.8 Å². The fourth-order valence-electron chi connectivity index (χ4n) is 1.85. The second-order valence-electron chi connectivity index (χ2n) is 3.65. The van der Waals surface area contributed by atoms with Crippen LogP contribution in [0.5, 0.6) is 0 Å². The van der Waals surface area contributed by atoms with Crippen LogP contribution in [0.1, 0.15) is 17.5 Å². The van der Waals surface area contributed by atoms with Gasteiger partial charge in [-0.3, -0.25) is 9.79 Å². The number of thioether (sulfide) groups is 1. The number of carbonyl (C=O) groups is 1. The predicted octanol–water partition coefficient (Wildman–Crippen LogP) is 2.31. The molecule has 3 nitrogen and oxygen atoms in total. The predicted molar refractivity (Wildman–Crippen MR) is 69.4 cm³/mol. The van der Waals surface area contributed by atoms with E-state index in [1.807, 2.05) is 18.4 Å². The summed E-state index contributed by atoms with van der Waals surface area (Å²) in [6, 6.07) is 6.08. The Morgan fingerprint density at radius 2 is 2.25 bits per heavy atom. The fraction of sp³-hybridized carbons (Fsp3) is 0.333. The number of hydrogen-bond acceptors (Lipinski definition) is 3. The molecule has 0 unspecified atom stereocenters. The molecule has 0 aromatic heterocycles. The van der Waals surface area contributed by atoms with E-state index in [0.29, 0.717) is 6.42 Å². The number of rotatable bonds is 1. The van der Waals surface area contributed by atoms with Crippen LogP contribution in [0.2, 0.25) is 0 Å². The van der Waals surface area contributed by atoms with Crippen molar-refractivity contribution in [2.75, 3.05) is 18.6 Å². The molecule has 1 N–H and O–H groups in total. The number of amides is 1. The van der Waals surface area contributed by atoms with Crippen LogP contribution in [-0.2, 0) is 11.2 Å². The van der Waals surface area contributed by atoms with Crippen molar-refractivity contribution in [3.8, 4) is 0 Å². The van der Waals surface area contributed by atoms with Gasteiger partial charge >= 0.3 is 0 Å². The van der Waals surface area contributed by atoms with Gasteiger partial charge in [0.05, 0.1) is 5.04 Å². The van der Waals surface area contributed by atoms with E-state index in [4.69, 9.17) is 0 Å². The lowest BCUT2D eigenvalue weighted by Crippen LogP contribution is -2.19. The van der Waals surface area contributed by atoms with Crippen molar-refractivity contribution in [2.24, 2.45) is 4.99 Å². The lowest BCUT2D eigenvalue weighted by atomic mass is 10.0. The summed E-state index contributed by atoms with van der Waals surface area (Å²) in [5.74, 6) is 0.106. The van der Waals surface area contributed by atoms with Crippen molar-refractivity contribution < 1.29 is 4.79 Å². The quantitative estimate of drug-likeness (QED) is 0.598. The van der Waals surface area contributed by atoms with E-state index < -0.39 is 0 Å². The van der Waals surface area contributed by atoms with Gasteiger partial charge in [0.2, 0.25) is 5.91 Å². The highest BCUT2D eigenvalue weighted by Crippen LogP contribution is 2.25. The van der Waals surface area contributed by atoms with Crippen LogP contribution < -0.4 is 5.32 Å². The lowest BCUT2D eigenvalue weighted by molar-refractivity contribution is -0.116. The van der Waals surface area contributed by atoms with Gasteiger partial charge in [0.25, 0.3) is 0 Å². The summed E-state index contributed by atoms with van der Waals surface area (Å²) in [6.45, 7) is 0. The number of nitrogens with zero attached hydrogens (tertiary/aromatic N) is 1. The van der Waals surface area contributed by atoms with Crippen molar-refractivity contribution in [1.82, 2.24) is 0 Å². The average molecular weight is 234 g/mol. The highest BCUT2D eigenvalue weighted by Gasteiger charge is 2.15. The van der Waals surface area contributed by atoms with Crippen molar-refractivity contribution in [1.29, 1.82) is 0 Å². The Hall–Kier alpha value is -1.29. The summed E-state index contributed by atoms with van der Waals surface area (Å²) in [7, 11) is 1.80. The normalized spacial score (nSPS) is 15.6. The first-order valence-corrected chi connectivity index (χ1v) is 6.41. The third-order valence-corrected chi connectivity index (χ3v) is 3.45. The monoisotopic (exact) mass is 234 g/mol.